The third-order valence-electron chi connectivity index (χ3n) is 5.30. The highest BCUT2D eigenvalue weighted by atomic mass is 16.6. The van der Waals surface area contributed by atoms with Crippen LogP contribution in [0.1, 0.15) is 51.8 Å². The molecule has 1 amide bonds. The molecule has 2 fully saturated rings. The van der Waals surface area contributed by atoms with Crippen LogP contribution >= 0.6 is 0 Å². The lowest BCUT2D eigenvalue weighted by molar-refractivity contribution is -0.0958. The van der Waals surface area contributed by atoms with E-state index in [9.17, 15) is 4.79 Å². The fourth-order valence-electron chi connectivity index (χ4n) is 4.06. The van der Waals surface area contributed by atoms with Gasteiger partial charge >= 0.3 is 6.09 Å². The number of pyridine rings is 1. The Balaban J connectivity index is 1.73. The molecule has 0 aromatic carbocycles. The summed E-state index contributed by atoms with van der Waals surface area (Å²) in [6.45, 7) is 13.5. The molecule has 0 aliphatic carbocycles. The van der Waals surface area contributed by atoms with Gasteiger partial charge in [0.25, 0.3) is 0 Å². The second-order valence-electron chi connectivity index (χ2n) is 8.75. The number of anilines is 1. The van der Waals surface area contributed by atoms with Crippen molar-refractivity contribution in [2.24, 2.45) is 0 Å². The number of amides is 1. The molecule has 1 atom stereocenters. The number of aromatic nitrogens is 1. The predicted octanol–water partition coefficient (Wildman–Crippen LogP) is 3.56. The van der Waals surface area contributed by atoms with Gasteiger partial charge in [-0.1, -0.05) is 13.3 Å². The van der Waals surface area contributed by atoms with Gasteiger partial charge in [0.1, 0.15) is 11.2 Å². The van der Waals surface area contributed by atoms with Gasteiger partial charge in [0.15, 0.2) is 0 Å². The van der Waals surface area contributed by atoms with Gasteiger partial charge in [-0.2, -0.15) is 0 Å². The minimum atomic E-state index is -0.478. The first-order chi connectivity index (χ1) is 12.7. The van der Waals surface area contributed by atoms with E-state index < -0.39 is 5.60 Å². The molecule has 0 bridgehead atoms. The molecule has 150 valence electrons. The van der Waals surface area contributed by atoms with Crippen molar-refractivity contribution in [1.82, 2.24) is 9.88 Å². The van der Waals surface area contributed by atoms with Gasteiger partial charge in [-0.3, -0.25) is 4.98 Å². The summed E-state index contributed by atoms with van der Waals surface area (Å²) in [7, 11) is 0. The molecule has 0 N–H and O–H groups in total. The molecule has 6 nitrogen and oxygen atoms in total. The summed E-state index contributed by atoms with van der Waals surface area (Å²) in [5.74, 6) is 0. The Hall–Kier alpha value is -1.82. The van der Waals surface area contributed by atoms with E-state index in [2.05, 4.69) is 29.8 Å². The van der Waals surface area contributed by atoms with Crippen LogP contribution < -0.4 is 4.90 Å². The van der Waals surface area contributed by atoms with E-state index in [4.69, 9.17) is 9.47 Å². The average molecular weight is 376 g/mol. The number of rotatable bonds is 3. The molecule has 27 heavy (non-hydrogen) atoms. The highest BCUT2D eigenvalue weighted by molar-refractivity contribution is 5.68. The Labute approximate surface area is 162 Å². The maximum absolute atomic E-state index is 12.5. The van der Waals surface area contributed by atoms with Crippen molar-refractivity contribution in [1.29, 1.82) is 0 Å². The summed E-state index contributed by atoms with van der Waals surface area (Å²) in [5.41, 5.74) is 2.91. The third kappa shape index (κ3) is 4.54. The van der Waals surface area contributed by atoms with Crippen LogP contribution in [-0.2, 0) is 15.9 Å². The Morgan fingerprint density at radius 3 is 2.81 bits per heavy atom. The topological polar surface area (TPSA) is 54.9 Å². The molecule has 2 aliphatic heterocycles. The Morgan fingerprint density at radius 1 is 1.33 bits per heavy atom. The van der Waals surface area contributed by atoms with E-state index in [0.717, 1.165) is 38.0 Å². The number of carbonyl (C=O) groups is 1. The minimum Gasteiger partial charge on any atom is -0.444 e. The van der Waals surface area contributed by atoms with E-state index in [1.54, 1.807) is 0 Å². The van der Waals surface area contributed by atoms with Gasteiger partial charge in [0, 0.05) is 37.2 Å². The number of carbonyl (C=O) groups excluding carboxylic acids is 1. The van der Waals surface area contributed by atoms with Gasteiger partial charge in [-0.25, -0.2) is 4.79 Å². The molecule has 2 saturated heterocycles. The first-order valence-electron chi connectivity index (χ1n) is 10.0. The van der Waals surface area contributed by atoms with Gasteiger partial charge in [0.05, 0.1) is 13.2 Å². The van der Waals surface area contributed by atoms with Crippen molar-refractivity contribution in [3.8, 4) is 0 Å². The van der Waals surface area contributed by atoms with Crippen molar-refractivity contribution in [2.75, 3.05) is 37.7 Å². The third-order valence-corrected chi connectivity index (χ3v) is 5.30. The summed E-state index contributed by atoms with van der Waals surface area (Å²) in [6.07, 6.45) is 4.70. The van der Waals surface area contributed by atoms with Crippen molar-refractivity contribution in [3.05, 3.63) is 23.5 Å². The predicted molar refractivity (Wildman–Crippen MR) is 106 cm³/mol. The molecule has 0 radical (unpaired) electrons. The maximum atomic E-state index is 12.5. The average Bonchev–Trinajstić information content (AvgIpc) is 2.98. The summed E-state index contributed by atoms with van der Waals surface area (Å²) in [5, 5.41) is 0. The van der Waals surface area contributed by atoms with E-state index >= 15 is 0 Å². The highest BCUT2D eigenvalue weighted by Crippen LogP contribution is 2.35. The minimum absolute atomic E-state index is 0.241. The molecular weight excluding hydrogens is 342 g/mol. The molecule has 6 heteroatoms. The number of ether oxygens (including phenoxy) is 2. The molecule has 1 spiro atoms. The second-order valence-corrected chi connectivity index (χ2v) is 8.75. The van der Waals surface area contributed by atoms with Crippen LogP contribution in [0.15, 0.2) is 12.3 Å². The second kappa shape index (κ2) is 7.66. The molecule has 0 saturated carbocycles. The summed E-state index contributed by atoms with van der Waals surface area (Å²) in [6, 6.07) is 2.12. The Morgan fingerprint density at radius 2 is 2.11 bits per heavy atom. The number of hydrogen-bond acceptors (Lipinski definition) is 5. The van der Waals surface area contributed by atoms with Crippen molar-refractivity contribution in [3.63, 3.8) is 0 Å². The normalized spacial score (nSPS) is 23.1. The van der Waals surface area contributed by atoms with Crippen LogP contribution in [-0.4, -0.2) is 60.0 Å². The van der Waals surface area contributed by atoms with E-state index in [-0.39, 0.29) is 11.7 Å². The van der Waals surface area contributed by atoms with Gasteiger partial charge in [-0.05, 0) is 52.2 Å². The van der Waals surface area contributed by atoms with Gasteiger partial charge in [-0.15, -0.1) is 0 Å². The molecule has 1 aromatic heterocycles. The van der Waals surface area contributed by atoms with Gasteiger partial charge in [0.2, 0.25) is 0 Å². The first kappa shape index (κ1) is 19.9. The van der Waals surface area contributed by atoms with Crippen molar-refractivity contribution < 1.29 is 14.3 Å². The standard InChI is InChI=1S/C21H33N3O3/c1-6-7-17-16(2)22-10-8-18(17)23-11-9-21(14-23)15-24(12-13-26-21)19(25)27-20(3,4)5/h8,10H,6-7,9,11-15H2,1-5H3. The molecule has 1 aromatic rings. The lowest BCUT2D eigenvalue weighted by atomic mass is 10.0. The van der Waals surface area contributed by atoms with E-state index in [1.165, 1.54) is 11.3 Å². The summed E-state index contributed by atoms with van der Waals surface area (Å²) < 4.78 is 11.8. The monoisotopic (exact) mass is 375 g/mol. The summed E-state index contributed by atoms with van der Waals surface area (Å²) >= 11 is 0. The molecular formula is C21H33N3O3. The quantitative estimate of drug-likeness (QED) is 0.809. The van der Waals surface area contributed by atoms with Crippen LogP contribution in [0.4, 0.5) is 10.5 Å². The lowest BCUT2D eigenvalue weighted by Gasteiger charge is -2.40. The zero-order valence-corrected chi connectivity index (χ0v) is 17.4. The largest absolute Gasteiger partial charge is 0.444 e. The van der Waals surface area contributed by atoms with Crippen LogP contribution in [0, 0.1) is 6.92 Å². The zero-order valence-electron chi connectivity index (χ0n) is 17.4. The molecule has 2 aliphatic rings. The first-order valence-corrected chi connectivity index (χ1v) is 10.0. The van der Waals surface area contributed by atoms with Crippen LogP contribution in [0.3, 0.4) is 0 Å². The van der Waals surface area contributed by atoms with Crippen molar-refractivity contribution >= 4 is 11.8 Å². The zero-order chi connectivity index (χ0) is 19.7. The van der Waals surface area contributed by atoms with E-state index in [0.29, 0.717) is 19.7 Å². The molecule has 3 heterocycles. The highest BCUT2D eigenvalue weighted by Gasteiger charge is 2.45. The SMILES string of the molecule is CCCc1c(N2CCC3(CN(C(=O)OC(C)(C)C)CCO3)C2)ccnc1C. The number of morpholine rings is 1. The van der Waals surface area contributed by atoms with Crippen LogP contribution in [0.2, 0.25) is 0 Å². The molecule has 3 rings (SSSR count). The number of aryl methyl sites for hydroxylation is 1. The maximum Gasteiger partial charge on any atom is 0.410 e. The number of nitrogens with zero attached hydrogens (tertiary/aromatic N) is 3. The van der Waals surface area contributed by atoms with Crippen LogP contribution in [0.25, 0.3) is 0 Å². The van der Waals surface area contributed by atoms with Crippen LogP contribution in [0.5, 0.6) is 0 Å². The smallest absolute Gasteiger partial charge is 0.410 e. The van der Waals surface area contributed by atoms with Crippen molar-refractivity contribution in [2.45, 2.75) is 65.1 Å². The lowest BCUT2D eigenvalue weighted by Crippen LogP contribution is -2.55. The fourth-order valence-corrected chi connectivity index (χ4v) is 4.06. The summed E-state index contributed by atoms with van der Waals surface area (Å²) in [4.78, 5) is 21.2. The molecule has 1 unspecified atom stereocenters. The van der Waals surface area contributed by atoms with E-state index in [1.807, 2.05) is 31.9 Å². The van der Waals surface area contributed by atoms with Gasteiger partial charge < -0.3 is 19.3 Å². The number of hydrogen-bond donors (Lipinski definition) is 0. The fraction of sp³-hybridized carbons (Fsp3) is 0.714. The Bertz CT molecular complexity index is 686. The Kier molecular flexibility index (Phi) is 5.65.